The molecule has 0 atom stereocenters. The van der Waals surface area contributed by atoms with Crippen LogP contribution < -0.4 is 10.5 Å². The molecule has 0 aliphatic heterocycles. The lowest BCUT2D eigenvalue weighted by atomic mass is 10.1. The summed E-state index contributed by atoms with van der Waals surface area (Å²) < 4.78 is 49.9. The van der Waals surface area contributed by atoms with Crippen LogP contribution in [0, 0.1) is 0 Å². The number of amides is 1. The molecule has 1 aromatic heterocycles. The third kappa shape index (κ3) is 4.97. The molecule has 0 spiro atoms. The van der Waals surface area contributed by atoms with Crippen molar-refractivity contribution in [3.8, 4) is 11.1 Å². The smallest absolute Gasteiger partial charge is 0.326 e. The highest BCUT2D eigenvalue weighted by Gasteiger charge is 2.19. The molecule has 11 heteroatoms. The first-order valence-electron chi connectivity index (χ1n) is 8.18. The number of benzene rings is 2. The molecule has 0 bridgehead atoms. The number of primary sulfonamides is 1. The van der Waals surface area contributed by atoms with Crippen LogP contribution in [0.4, 0.5) is 14.5 Å². The van der Waals surface area contributed by atoms with E-state index in [0.29, 0.717) is 15.3 Å². The average molecular weight is 441 g/mol. The molecule has 152 valence electrons. The molecule has 3 rings (SSSR count). The fraction of sp³-hybridized carbons (Fsp3) is 0.111. The molecular weight excluding hydrogens is 426 g/mol. The lowest BCUT2D eigenvalue weighted by Crippen LogP contribution is -2.17. The number of anilines is 1. The highest BCUT2D eigenvalue weighted by Crippen LogP contribution is 2.30. The van der Waals surface area contributed by atoms with Crippen molar-refractivity contribution in [1.82, 2.24) is 9.78 Å². The molecule has 29 heavy (non-hydrogen) atoms. The van der Waals surface area contributed by atoms with Gasteiger partial charge in [0.15, 0.2) is 0 Å². The van der Waals surface area contributed by atoms with E-state index < -0.39 is 22.5 Å². The van der Waals surface area contributed by atoms with Crippen LogP contribution in [0.1, 0.15) is 12.1 Å². The number of nitrogens with zero attached hydrogens (tertiary/aromatic N) is 2. The predicted molar refractivity (Wildman–Crippen MR) is 104 cm³/mol. The van der Waals surface area contributed by atoms with Crippen molar-refractivity contribution in [2.45, 2.75) is 17.9 Å². The summed E-state index contributed by atoms with van der Waals surface area (Å²) in [6.45, 7) is -2.87. The number of rotatable bonds is 6. The van der Waals surface area contributed by atoms with Gasteiger partial charge in [-0.3, -0.25) is 4.79 Å². The van der Waals surface area contributed by atoms with Crippen LogP contribution in [-0.2, 0) is 21.2 Å². The maximum absolute atomic E-state index is 12.7. The number of nitrogens with one attached hydrogen (secondary N) is 1. The van der Waals surface area contributed by atoms with Gasteiger partial charge in [-0.2, -0.15) is 13.9 Å². The van der Waals surface area contributed by atoms with Gasteiger partial charge in [-0.1, -0.05) is 35.9 Å². The Bertz CT molecular complexity index is 1170. The molecule has 0 saturated heterocycles. The Labute approximate surface area is 170 Å². The summed E-state index contributed by atoms with van der Waals surface area (Å²) in [6.07, 6.45) is 2.09. The summed E-state index contributed by atoms with van der Waals surface area (Å²) in [5, 5.41) is 11.8. The van der Waals surface area contributed by atoms with Crippen molar-refractivity contribution in [2.75, 3.05) is 5.32 Å². The topological polar surface area (TPSA) is 107 Å². The van der Waals surface area contributed by atoms with E-state index in [1.54, 1.807) is 24.3 Å². The number of sulfonamides is 1. The highest BCUT2D eigenvalue weighted by molar-refractivity contribution is 7.89. The quantitative estimate of drug-likeness (QED) is 0.612. The number of hydrogen-bond donors (Lipinski definition) is 2. The lowest BCUT2D eigenvalue weighted by molar-refractivity contribution is -0.115. The van der Waals surface area contributed by atoms with Gasteiger partial charge in [-0.25, -0.2) is 18.2 Å². The van der Waals surface area contributed by atoms with Crippen LogP contribution >= 0.6 is 11.6 Å². The van der Waals surface area contributed by atoms with E-state index in [9.17, 15) is 22.0 Å². The van der Waals surface area contributed by atoms with Gasteiger partial charge >= 0.3 is 6.55 Å². The van der Waals surface area contributed by atoms with Gasteiger partial charge < -0.3 is 5.32 Å². The van der Waals surface area contributed by atoms with Gasteiger partial charge in [0.1, 0.15) is 0 Å². The molecule has 1 amide bonds. The second-order valence-electron chi connectivity index (χ2n) is 6.06. The zero-order chi connectivity index (χ0) is 21.2. The van der Waals surface area contributed by atoms with Crippen LogP contribution in [0.25, 0.3) is 11.1 Å². The van der Waals surface area contributed by atoms with Gasteiger partial charge in [-0.05, 0) is 23.8 Å². The molecule has 1 heterocycles. The molecule has 0 unspecified atom stereocenters. The van der Waals surface area contributed by atoms with Crippen molar-refractivity contribution in [3.63, 3.8) is 0 Å². The van der Waals surface area contributed by atoms with E-state index in [-0.39, 0.29) is 28.1 Å². The number of carbonyl (C=O) groups is 1. The van der Waals surface area contributed by atoms with Crippen LogP contribution in [0.2, 0.25) is 5.02 Å². The number of nitrogens with two attached hydrogens (primary N) is 1. The van der Waals surface area contributed by atoms with E-state index >= 15 is 0 Å². The van der Waals surface area contributed by atoms with E-state index in [1.165, 1.54) is 12.1 Å². The SMILES string of the molecule is NS(=O)(=O)c1cc(NC(=O)Cc2ccccc2Cl)ccc1-c1cnn(C(F)F)c1. The first-order valence-corrected chi connectivity index (χ1v) is 10.1. The fourth-order valence-electron chi connectivity index (χ4n) is 2.68. The number of hydrogen-bond acceptors (Lipinski definition) is 4. The van der Waals surface area contributed by atoms with Crippen LogP contribution in [0.15, 0.2) is 59.8 Å². The van der Waals surface area contributed by atoms with Crippen molar-refractivity contribution in [2.24, 2.45) is 5.14 Å². The number of halogens is 3. The first-order chi connectivity index (χ1) is 13.6. The Kier molecular flexibility index (Phi) is 5.96. The van der Waals surface area contributed by atoms with E-state index in [2.05, 4.69) is 10.4 Å². The molecule has 3 N–H and O–H groups in total. The zero-order valence-electron chi connectivity index (χ0n) is 14.7. The Morgan fingerprint density at radius 1 is 1.24 bits per heavy atom. The van der Waals surface area contributed by atoms with Crippen molar-refractivity contribution < 1.29 is 22.0 Å². The van der Waals surface area contributed by atoms with Crippen LogP contribution in [0.3, 0.4) is 0 Å². The maximum atomic E-state index is 12.7. The number of carbonyl (C=O) groups excluding carboxylic acids is 1. The molecule has 0 saturated carbocycles. The molecule has 0 fully saturated rings. The predicted octanol–water partition coefficient (Wildman–Crippen LogP) is 3.43. The first kappa shape index (κ1) is 20.9. The van der Waals surface area contributed by atoms with Crippen LogP contribution in [0.5, 0.6) is 0 Å². The zero-order valence-corrected chi connectivity index (χ0v) is 16.3. The van der Waals surface area contributed by atoms with Gasteiger partial charge in [0, 0.05) is 28.0 Å². The van der Waals surface area contributed by atoms with Crippen molar-refractivity contribution in [1.29, 1.82) is 0 Å². The second-order valence-corrected chi connectivity index (χ2v) is 8.00. The van der Waals surface area contributed by atoms with Gasteiger partial charge in [0.2, 0.25) is 15.9 Å². The number of aromatic nitrogens is 2. The van der Waals surface area contributed by atoms with Crippen molar-refractivity contribution in [3.05, 3.63) is 65.4 Å². The third-order valence-corrected chi connectivity index (χ3v) is 5.31. The van der Waals surface area contributed by atoms with Gasteiger partial charge in [0.25, 0.3) is 0 Å². The van der Waals surface area contributed by atoms with Crippen LogP contribution in [-0.4, -0.2) is 24.1 Å². The van der Waals surface area contributed by atoms with Crippen molar-refractivity contribution >= 4 is 33.2 Å². The molecule has 0 aliphatic carbocycles. The average Bonchev–Trinajstić information content (AvgIpc) is 3.13. The maximum Gasteiger partial charge on any atom is 0.333 e. The summed E-state index contributed by atoms with van der Waals surface area (Å²) in [5.74, 6) is -0.420. The summed E-state index contributed by atoms with van der Waals surface area (Å²) in [7, 11) is -4.21. The third-order valence-electron chi connectivity index (χ3n) is 3.99. The summed E-state index contributed by atoms with van der Waals surface area (Å²) >= 11 is 6.03. The standard InChI is InChI=1S/C18H15ClF2N4O3S/c19-15-4-2-1-3-11(15)7-17(26)24-13-5-6-14(16(8-13)29(22,27)28)12-9-23-25(10-12)18(20)21/h1-6,8-10,18H,7H2,(H,24,26)(H2,22,27,28). The Balaban J connectivity index is 1.89. The van der Waals surface area contributed by atoms with E-state index in [1.807, 2.05) is 0 Å². The Morgan fingerprint density at radius 3 is 2.59 bits per heavy atom. The lowest BCUT2D eigenvalue weighted by Gasteiger charge is -2.11. The highest BCUT2D eigenvalue weighted by atomic mass is 35.5. The fourth-order valence-corrected chi connectivity index (χ4v) is 3.66. The monoisotopic (exact) mass is 440 g/mol. The van der Waals surface area contributed by atoms with E-state index in [0.717, 1.165) is 18.5 Å². The molecule has 0 radical (unpaired) electrons. The summed E-state index contributed by atoms with van der Waals surface area (Å²) in [6, 6.07) is 10.8. The molecule has 0 aliphatic rings. The minimum absolute atomic E-state index is 0.0205. The Morgan fingerprint density at radius 2 is 1.97 bits per heavy atom. The molecule has 2 aromatic carbocycles. The summed E-state index contributed by atoms with van der Waals surface area (Å²) in [4.78, 5) is 11.9. The van der Waals surface area contributed by atoms with Gasteiger partial charge in [0.05, 0.1) is 17.5 Å². The second kappa shape index (κ2) is 8.27. The van der Waals surface area contributed by atoms with Gasteiger partial charge in [-0.15, -0.1) is 0 Å². The summed E-state index contributed by atoms with van der Waals surface area (Å²) in [5.41, 5.74) is 1.01. The Hall–Kier alpha value is -2.82. The molecular formula is C18H15ClF2N4O3S. The molecule has 3 aromatic rings. The normalized spacial score (nSPS) is 11.6. The van der Waals surface area contributed by atoms with E-state index in [4.69, 9.17) is 16.7 Å². The minimum atomic E-state index is -4.21. The molecule has 7 nitrogen and oxygen atoms in total. The minimum Gasteiger partial charge on any atom is -0.326 e. The number of alkyl halides is 2. The largest absolute Gasteiger partial charge is 0.333 e.